The second-order valence-corrected chi connectivity index (χ2v) is 9.55. The van der Waals surface area contributed by atoms with Gasteiger partial charge in [0.2, 0.25) is 0 Å². The smallest absolute Gasteiger partial charge is 0.259 e. The molecule has 2 heterocycles. The first kappa shape index (κ1) is 21.6. The molecule has 0 radical (unpaired) electrons. The van der Waals surface area contributed by atoms with E-state index in [1.54, 1.807) is 23.6 Å². The van der Waals surface area contributed by atoms with Crippen LogP contribution >= 0.6 is 23.1 Å². The fourth-order valence-electron chi connectivity index (χ4n) is 2.57. The second-order valence-electron chi connectivity index (χ2n) is 5.94. The number of benzene rings is 1. The monoisotopic (exact) mass is 452 g/mol. The first-order chi connectivity index (χ1) is 13.9. The number of alkyl halides is 3. The average molecular weight is 453 g/mol. The maximum atomic E-state index is 13.5. The van der Waals surface area contributed by atoms with Crippen molar-refractivity contribution in [2.24, 2.45) is 0 Å². The first-order valence-electron chi connectivity index (χ1n) is 8.46. The molecule has 0 aliphatic carbocycles. The minimum absolute atomic E-state index is 0.0161. The fourth-order valence-corrected chi connectivity index (χ4v) is 5.70. The number of nitrogens with zero attached hydrogens (tertiary/aromatic N) is 2. The molecule has 0 fully saturated rings. The van der Waals surface area contributed by atoms with Crippen LogP contribution < -0.4 is 0 Å². The maximum Gasteiger partial charge on any atom is 0.417 e. The zero-order chi connectivity index (χ0) is 20.9. The lowest BCUT2D eigenvalue weighted by molar-refractivity contribution is -0.138. The lowest BCUT2D eigenvalue weighted by Gasteiger charge is -2.13. The van der Waals surface area contributed by atoms with Crippen molar-refractivity contribution in [3.8, 4) is 16.6 Å². The summed E-state index contributed by atoms with van der Waals surface area (Å²) < 4.78 is 52.8. The van der Waals surface area contributed by atoms with Gasteiger partial charge in [-0.3, -0.25) is 4.21 Å². The van der Waals surface area contributed by atoms with Crippen LogP contribution in [0.2, 0.25) is 0 Å². The molecule has 0 aliphatic heterocycles. The van der Waals surface area contributed by atoms with Gasteiger partial charge in [0.15, 0.2) is 0 Å². The molecule has 0 unspecified atom stereocenters. The van der Waals surface area contributed by atoms with Gasteiger partial charge in [0.1, 0.15) is 11.1 Å². The molecular formula is C20H15F3N2OS3. The molecule has 1 atom stereocenters. The van der Waals surface area contributed by atoms with Gasteiger partial charge in [-0.25, -0.2) is 4.98 Å². The van der Waals surface area contributed by atoms with Gasteiger partial charge in [-0.05, 0) is 23.1 Å². The number of thioether (sulfide) groups is 1. The molecule has 0 saturated carbocycles. The van der Waals surface area contributed by atoms with E-state index in [9.17, 15) is 22.6 Å². The zero-order valence-corrected chi connectivity index (χ0v) is 17.4. The van der Waals surface area contributed by atoms with Gasteiger partial charge < -0.3 is 0 Å². The second kappa shape index (κ2) is 9.57. The molecule has 150 valence electrons. The van der Waals surface area contributed by atoms with Crippen LogP contribution in [0.5, 0.6) is 0 Å². The molecule has 3 rings (SSSR count). The number of nitriles is 1. The van der Waals surface area contributed by atoms with Crippen molar-refractivity contribution in [1.82, 2.24) is 4.98 Å². The number of thiophene rings is 1. The van der Waals surface area contributed by atoms with E-state index < -0.39 is 28.1 Å². The Morgan fingerprint density at radius 2 is 1.93 bits per heavy atom. The van der Waals surface area contributed by atoms with E-state index in [0.29, 0.717) is 16.4 Å². The first-order valence-corrected chi connectivity index (χ1v) is 11.8. The van der Waals surface area contributed by atoms with Crippen LogP contribution in [-0.4, -0.2) is 20.7 Å². The minimum Gasteiger partial charge on any atom is -0.259 e. The molecular weight excluding hydrogens is 437 g/mol. The number of hydrogen-bond acceptors (Lipinski definition) is 5. The van der Waals surface area contributed by atoms with Gasteiger partial charge in [-0.15, -0.1) is 23.1 Å². The molecule has 29 heavy (non-hydrogen) atoms. The number of hydrogen-bond donors (Lipinski definition) is 0. The number of pyridine rings is 1. The van der Waals surface area contributed by atoms with Crippen molar-refractivity contribution >= 4 is 33.9 Å². The Hall–Kier alpha value is -2.15. The minimum atomic E-state index is -4.66. The summed E-state index contributed by atoms with van der Waals surface area (Å²) in [7, 11) is -1.16. The van der Waals surface area contributed by atoms with E-state index in [1.807, 2.05) is 30.3 Å². The van der Waals surface area contributed by atoms with E-state index in [1.165, 1.54) is 11.3 Å². The van der Waals surface area contributed by atoms with Crippen LogP contribution in [0, 0.1) is 11.3 Å². The van der Waals surface area contributed by atoms with Crippen molar-refractivity contribution < 1.29 is 17.4 Å². The molecule has 0 aliphatic rings. The van der Waals surface area contributed by atoms with E-state index in [4.69, 9.17) is 0 Å². The van der Waals surface area contributed by atoms with Crippen LogP contribution in [0.15, 0.2) is 58.9 Å². The summed E-state index contributed by atoms with van der Waals surface area (Å²) in [4.78, 5) is 4.89. The lowest BCUT2D eigenvalue weighted by Crippen LogP contribution is -2.11. The molecule has 0 N–H and O–H groups in total. The number of aromatic nitrogens is 1. The topological polar surface area (TPSA) is 53.8 Å². The van der Waals surface area contributed by atoms with Crippen LogP contribution in [0.1, 0.15) is 16.7 Å². The Morgan fingerprint density at radius 3 is 2.55 bits per heavy atom. The van der Waals surface area contributed by atoms with Crippen molar-refractivity contribution in [2.75, 3.05) is 11.5 Å². The summed E-state index contributed by atoms with van der Waals surface area (Å²) in [6.07, 6.45) is -4.66. The van der Waals surface area contributed by atoms with E-state index in [0.717, 1.165) is 23.4 Å². The van der Waals surface area contributed by atoms with Crippen LogP contribution in [-0.2, 0) is 22.7 Å². The van der Waals surface area contributed by atoms with Gasteiger partial charge in [0.25, 0.3) is 0 Å². The summed E-state index contributed by atoms with van der Waals surface area (Å²) in [6.45, 7) is 0. The predicted molar refractivity (Wildman–Crippen MR) is 111 cm³/mol. The molecule has 0 spiro atoms. The molecule has 2 aromatic heterocycles. The molecule has 3 aromatic rings. The highest BCUT2D eigenvalue weighted by Crippen LogP contribution is 2.38. The van der Waals surface area contributed by atoms with E-state index in [-0.39, 0.29) is 16.5 Å². The van der Waals surface area contributed by atoms with Gasteiger partial charge >= 0.3 is 6.18 Å². The Bertz CT molecular complexity index is 1030. The maximum absolute atomic E-state index is 13.5. The SMILES string of the molecule is N#Cc1c(C(F)(F)F)cc(-c2cccs2)nc1SCC[S@](=O)Cc1ccccc1. The van der Waals surface area contributed by atoms with Crippen LogP contribution in [0.3, 0.4) is 0 Å². The van der Waals surface area contributed by atoms with Crippen molar-refractivity contribution in [3.63, 3.8) is 0 Å². The molecule has 0 saturated heterocycles. The van der Waals surface area contributed by atoms with Crippen LogP contribution in [0.4, 0.5) is 13.2 Å². The highest BCUT2D eigenvalue weighted by atomic mass is 32.2. The largest absolute Gasteiger partial charge is 0.417 e. The Morgan fingerprint density at radius 1 is 1.17 bits per heavy atom. The molecule has 1 aromatic carbocycles. The molecule has 0 amide bonds. The highest BCUT2D eigenvalue weighted by Gasteiger charge is 2.36. The van der Waals surface area contributed by atoms with Gasteiger partial charge in [-0.1, -0.05) is 36.4 Å². The summed E-state index contributed by atoms with van der Waals surface area (Å²) in [6, 6.07) is 15.3. The third kappa shape index (κ3) is 5.69. The van der Waals surface area contributed by atoms with Crippen LogP contribution in [0.25, 0.3) is 10.6 Å². The van der Waals surface area contributed by atoms with E-state index in [2.05, 4.69) is 4.98 Å². The van der Waals surface area contributed by atoms with E-state index >= 15 is 0 Å². The van der Waals surface area contributed by atoms with Gasteiger partial charge in [-0.2, -0.15) is 18.4 Å². The summed E-state index contributed by atoms with van der Waals surface area (Å²) >= 11 is 2.31. The summed E-state index contributed by atoms with van der Waals surface area (Å²) in [5.41, 5.74) is -0.368. The standard InChI is InChI=1S/C20H15F3N2OS3/c21-20(22,23)16-11-17(18-7-4-8-27-18)25-19(15(16)12-24)28-9-10-29(26)13-14-5-2-1-3-6-14/h1-8,11H,9-10,13H2/t29-/m0/s1. The molecule has 9 heteroatoms. The fraction of sp³-hybridized carbons (Fsp3) is 0.200. The zero-order valence-electron chi connectivity index (χ0n) is 15.0. The highest BCUT2D eigenvalue weighted by molar-refractivity contribution is 8.00. The third-order valence-corrected chi connectivity index (χ3v) is 7.34. The van der Waals surface area contributed by atoms with Crippen molar-refractivity contribution in [1.29, 1.82) is 5.26 Å². The third-order valence-electron chi connectivity index (χ3n) is 3.90. The lowest BCUT2D eigenvalue weighted by atomic mass is 10.1. The van der Waals surface area contributed by atoms with Gasteiger partial charge in [0, 0.05) is 28.1 Å². The normalized spacial score (nSPS) is 12.5. The summed E-state index contributed by atoms with van der Waals surface area (Å²) in [5.74, 6) is 0.964. The Kier molecular flexibility index (Phi) is 7.11. The summed E-state index contributed by atoms with van der Waals surface area (Å²) in [5, 5.41) is 11.1. The quantitative estimate of drug-likeness (QED) is 0.429. The average Bonchev–Trinajstić information content (AvgIpc) is 3.22. The van der Waals surface area contributed by atoms with Crippen molar-refractivity contribution in [3.05, 3.63) is 70.6 Å². The molecule has 3 nitrogen and oxygen atoms in total. The van der Waals surface area contributed by atoms with Crippen molar-refractivity contribution in [2.45, 2.75) is 17.0 Å². The number of rotatable bonds is 7. The Labute approximate surface area is 177 Å². The predicted octanol–water partition coefficient (Wildman–Crippen LogP) is 5.74. The molecule has 0 bridgehead atoms. The number of halogens is 3. The van der Waals surface area contributed by atoms with Gasteiger partial charge in [0.05, 0.1) is 21.7 Å². The Balaban J connectivity index is 1.79.